The molecule has 0 unspecified atom stereocenters. The van der Waals surface area contributed by atoms with E-state index >= 15 is 0 Å². The zero-order valence-electron chi connectivity index (χ0n) is 9.87. The van der Waals surface area contributed by atoms with Gasteiger partial charge in [-0.1, -0.05) is 25.6 Å². The lowest BCUT2D eigenvalue weighted by molar-refractivity contribution is 0.0592. The minimum absolute atomic E-state index is 0.195. The Labute approximate surface area is 96.0 Å². The maximum Gasteiger partial charge on any atom is 0.358 e. The summed E-state index contributed by atoms with van der Waals surface area (Å²) in [5, 5.41) is 7.59. The zero-order chi connectivity index (χ0) is 12.2. The second-order valence-electron chi connectivity index (χ2n) is 4.30. The molecule has 0 N–H and O–H groups in total. The van der Waals surface area contributed by atoms with Crippen LogP contribution in [0.5, 0.6) is 0 Å². The number of hydrogen-bond donors (Lipinski definition) is 0. The van der Waals surface area contributed by atoms with Crippen LogP contribution in [0.4, 0.5) is 0 Å². The number of aromatic nitrogens is 2. The number of ether oxygens (including phenoxy) is 1. The Morgan fingerprint density at radius 1 is 1.31 bits per heavy atom. The van der Waals surface area contributed by atoms with Crippen LogP contribution in [0, 0.1) is 11.5 Å². The van der Waals surface area contributed by atoms with Gasteiger partial charge in [0.1, 0.15) is 13.8 Å². The molecular weight excluding hydrogens is 220 g/mol. The number of carbonyl (C=O) groups is 1. The van der Waals surface area contributed by atoms with Crippen molar-refractivity contribution in [2.75, 3.05) is 7.11 Å². The Morgan fingerprint density at radius 3 is 2.44 bits per heavy atom. The van der Waals surface area contributed by atoms with Crippen LogP contribution in [0.1, 0.15) is 16.2 Å². The van der Waals surface area contributed by atoms with Gasteiger partial charge >= 0.3 is 5.97 Å². The Balaban J connectivity index is 2.87. The van der Waals surface area contributed by atoms with Crippen molar-refractivity contribution in [3.8, 4) is 11.5 Å². The van der Waals surface area contributed by atoms with Crippen LogP contribution in [0.3, 0.4) is 0 Å². The number of esters is 1. The molecule has 5 heteroatoms. The van der Waals surface area contributed by atoms with Gasteiger partial charge in [-0.2, -0.15) is 0 Å². The number of nitrogens with zero attached hydrogens (tertiary/aromatic N) is 2. The third kappa shape index (κ3) is 3.83. The van der Waals surface area contributed by atoms with E-state index in [1.807, 2.05) is 0 Å². The Hall–Kier alpha value is -1.67. The van der Waals surface area contributed by atoms with Crippen molar-refractivity contribution in [1.29, 1.82) is 0 Å². The van der Waals surface area contributed by atoms with E-state index in [1.165, 1.54) is 7.11 Å². The summed E-state index contributed by atoms with van der Waals surface area (Å²) in [7, 11) is -0.0944. The van der Waals surface area contributed by atoms with E-state index in [0.717, 1.165) is 0 Å². The van der Waals surface area contributed by atoms with Gasteiger partial charge in [0.05, 0.1) is 7.11 Å². The predicted octanol–water partition coefficient (Wildman–Crippen LogP) is 1.49. The van der Waals surface area contributed by atoms with Gasteiger partial charge in [0.2, 0.25) is 0 Å². The Morgan fingerprint density at radius 2 is 2.00 bits per heavy atom. The first-order valence-electron chi connectivity index (χ1n) is 4.87. The topological polar surface area (TPSA) is 52.1 Å². The molecule has 0 amide bonds. The highest BCUT2D eigenvalue weighted by molar-refractivity contribution is 6.83. The summed E-state index contributed by atoms with van der Waals surface area (Å²) in [5.74, 6) is 2.47. The summed E-state index contributed by atoms with van der Waals surface area (Å²) < 4.78 is 4.52. The van der Waals surface area contributed by atoms with Gasteiger partial charge in [0, 0.05) is 0 Å². The molecule has 1 rings (SSSR count). The number of carbonyl (C=O) groups excluding carboxylic acids is 1. The predicted molar refractivity (Wildman–Crippen MR) is 63.6 cm³/mol. The molecule has 0 aromatic carbocycles. The highest BCUT2D eigenvalue weighted by Gasteiger charge is 2.09. The minimum Gasteiger partial charge on any atom is -0.464 e. The van der Waals surface area contributed by atoms with Crippen molar-refractivity contribution in [3.63, 3.8) is 0 Å². The van der Waals surface area contributed by atoms with Gasteiger partial charge in [-0.15, -0.1) is 15.7 Å². The molecule has 0 atom stereocenters. The highest BCUT2D eigenvalue weighted by Crippen LogP contribution is 2.00. The van der Waals surface area contributed by atoms with Gasteiger partial charge in [-0.3, -0.25) is 0 Å². The van der Waals surface area contributed by atoms with Crippen molar-refractivity contribution in [2.45, 2.75) is 19.6 Å². The third-order valence-corrected chi connectivity index (χ3v) is 2.50. The number of rotatable bonds is 1. The maximum absolute atomic E-state index is 11.1. The lowest BCUT2D eigenvalue weighted by Gasteiger charge is -2.02. The van der Waals surface area contributed by atoms with E-state index in [2.05, 4.69) is 46.0 Å². The molecule has 0 saturated heterocycles. The molecule has 0 aliphatic carbocycles. The zero-order valence-corrected chi connectivity index (χ0v) is 10.9. The first-order valence-corrected chi connectivity index (χ1v) is 8.37. The van der Waals surface area contributed by atoms with Crippen LogP contribution in [0.25, 0.3) is 0 Å². The molecule has 1 heterocycles. The van der Waals surface area contributed by atoms with Gasteiger partial charge in [0.15, 0.2) is 5.69 Å². The average Bonchev–Trinajstić information content (AvgIpc) is 2.25. The summed E-state index contributed by atoms with van der Waals surface area (Å²) in [4.78, 5) is 11.1. The summed E-state index contributed by atoms with van der Waals surface area (Å²) in [6.07, 6.45) is 0. The molecule has 0 fully saturated rings. The highest BCUT2D eigenvalue weighted by atomic mass is 28.3. The minimum atomic E-state index is -1.40. The Bertz CT molecular complexity index is 438. The number of methoxy groups -OCH3 is 1. The molecule has 0 radical (unpaired) electrons. The fraction of sp³-hybridized carbons (Fsp3) is 0.364. The van der Waals surface area contributed by atoms with E-state index in [1.54, 1.807) is 12.1 Å². The van der Waals surface area contributed by atoms with Crippen LogP contribution in [0.15, 0.2) is 12.1 Å². The fourth-order valence-corrected chi connectivity index (χ4v) is 1.37. The van der Waals surface area contributed by atoms with E-state index in [0.29, 0.717) is 5.69 Å². The van der Waals surface area contributed by atoms with E-state index in [-0.39, 0.29) is 5.69 Å². The van der Waals surface area contributed by atoms with Gasteiger partial charge in [-0.05, 0) is 12.1 Å². The van der Waals surface area contributed by atoms with Crippen LogP contribution in [-0.2, 0) is 4.74 Å². The fourth-order valence-electron chi connectivity index (χ4n) is 0.864. The molecule has 1 aromatic heterocycles. The number of hydrogen-bond acceptors (Lipinski definition) is 4. The lowest BCUT2D eigenvalue weighted by atomic mass is 10.3. The second-order valence-corrected chi connectivity index (χ2v) is 9.05. The van der Waals surface area contributed by atoms with E-state index in [4.69, 9.17) is 0 Å². The first-order chi connectivity index (χ1) is 7.42. The van der Waals surface area contributed by atoms with E-state index < -0.39 is 14.0 Å². The SMILES string of the molecule is COC(=O)c1ccc(C#C[Si](C)(C)C)nn1. The molecule has 0 aliphatic heterocycles. The van der Waals surface area contributed by atoms with Crippen molar-refractivity contribution in [1.82, 2.24) is 10.2 Å². The second kappa shape index (κ2) is 4.90. The van der Waals surface area contributed by atoms with Gasteiger partial charge in [-0.25, -0.2) is 4.79 Å². The molecule has 0 spiro atoms. The van der Waals surface area contributed by atoms with Crippen LogP contribution in [0.2, 0.25) is 19.6 Å². The van der Waals surface area contributed by atoms with Crippen molar-refractivity contribution >= 4 is 14.0 Å². The molecule has 4 nitrogen and oxygen atoms in total. The smallest absolute Gasteiger partial charge is 0.358 e. The summed E-state index contributed by atoms with van der Waals surface area (Å²) in [5.41, 5.74) is 3.95. The van der Waals surface area contributed by atoms with Crippen LogP contribution < -0.4 is 0 Å². The van der Waals surface area contributed by atoms with E-state index in [9.17, 15) is 4.79 Å². The summed E-state index contributed by atoms with van der Waals surface area (Å²) in [6.45, 7) is 6.45. The van der Waals surface area contributed by atoms with Gasteiger partial charge < -0.3 is 4.74 Å². The Kier molecular flexibility index (Phi) is 3.80. The molecule has 0 aliphatic rings. The van der Waals surface area contributed by atoms with Crippen molar-refractivity contribution < 1.29 is 9.53 Å². The largest absolute Gasteiger partial charge is 0.464 e. The maximum atomic E-state index is 11.1. The summed E-state index contributed by atoms with van der Waals surface area (Å²) in [6, 6.07) is 3.24. The van der Waals surface area contributed by atoms with Gasteiger partial charge in [0.25, 0.3) is 0 Å². The summed E-state index contributed by atoms with van der Waals surface area (Å²) >= 11 is 0. The molecule has 0 bridgehead atoms. The quantitative estimate of drug-likeness (QED) is 0.420. The van der Waals surface area contributed by atoms with Crippen LogP contribution >= 0.6 is 0 Å². The molecule has 84 valence electrons. The lowest BCUT2D eigenvalue weighted by Crippen LogP contribution is -2.16. The molecule has 16 heavy (non-hydrogen) atoms. The van der Waals surface area contributed by atoms with Crippen LogP contribution in [-0.4, -0.2) is 31.4 Å². The standard InChI is InChI=1S/C11H14N2O2Si/c1-15-11(14)10-6-5-9(12-13-10)7-8-16(2,3)4/h5-6H,1-4H3. The third-order valence-electron chi connectivity index (χ3n) is 1.62. The first kappa shape index (κ1) is 12.4. The normalized spacial score (nSPS) is 10.2. The molecular formula is C11H14N2O2Si. The average molecular weight is 234 g/mol. The monoisotopic (exact) mass is 234 g/mol. The van der Waals surface area contributed by atoms with Crippen molar-refractivity contribution in [2.24, 2.45) is 0 Å². The molecule has 1 aromatic rings. The molecule has 0 saturated carbocycles. The van der Waals surface area contributed by atoms with Crippen molar-refractivity contribution in [3.05, 3.63) is 23.5 Å².